The van der Waals surface area contributed by atoms with Crippen LogP contribution >= 0.6 is 7.60 Å². The van der Waals surface area contributed by atoms with E-state index in [4.69, 9.17) is 4.74 Å². The molecule has 5 heteroatoms. The zero-order valence-corrected chi connectivity index (χ0v) is 16.8. The molecule has 0 radical (unpaired) electrons. The van der Waals surface area contributed by atoms with E-state index in [0.717, 1.165) is 28.9 Å². The standard InChI is InChI=1S/C23H25O4P/c1-2-18-8-10-19(11-9-18)14-22-15-21(17-28(24,25)26)12-13-23(22)27-16-20-6-4-3-5-7-20/h3-13,15H,2,14,16-17H2,1H3,(H2,24,25,26). The van der Waals surface area contributed by atoms with E-state index in [9.17, 15) is 14.4 Å². The van der Waals surface area contributed by atoms with Crippen molar-refractivity contribution in [2.24, 2.45) is 0 Å². The zero-order chi connectivity index (χ0) is 20.0. The molecule has 0 spiro atoms. The third-order valence-electron chi connectivity index (χ3n) is 4.58. The first-order chi connectivity index (χ1) is 13.4. The largest absolute Gasteiger partial charge is 0.489 e. The number of hydrogen-bond acceptors (Lipinski definition) is 2. The fourth-order valence-electron chi connectivity index (χ4n) is 3.10. The van der Waals surface area contributed by atoms with Gasteiger partial charge in [-0.25, -0.2) is 0 Å². The number of hydrogen-bond donors (Lipinski definition) is 2. The molecule has 3 aromatic carbocycles. The van der Waals surface area contributed by atoms with Gasteiger partial charge in [0.1, 0.15) is 12.4 Å². The van der Waals surface area contributed by atoms with Crippen LogP contribution in [0.5, 0.6) is 5.75 Å². The van der Waals surface area contributed by atoms with Crippen molar-refractivity contribution in [1.29, 1.82) is 0 Å². The van der Waals surface area contributed by atoms with Crippen LogP contribution < -0.4 is 4.74 Å². The van der Waals surface area contributed by atoms with Gasteiger partial charge < -0.3 is 14.5 Å². The first kappa shape index (κ1) is 20.3. The van der Waals surface area contributed by atoms with Crippen LogP contribution in [0.4, 0.5) is 0 Å². The van der Waals surface area contributed by atoms with Crippen molar-refractivity contribution in [3.05, 3.63) is 101 Å². The fraction of sp³-hybridized carbons (Fsp3) is 0.217. The van der Waals surface area contributed by atoms with E-state index < -0.39 is 7.60 Å². The average Bonchev–Trinajstić information content (AvgIpc) is 2.67. The second-order valence-electron chi connectivity index (χ2n) is 6.89. The molecule has 146 valence electrons. The van der Waals surface area contributed by atoms with Gasteiger partial charge in [-0.15, -0.1) is 0 Å². The highest BCUT2D eigenvalue weighted by molar-refractivity contribution is 7.50. The monoisotopic (exact) mass is 396 g/mol. The van der Waals surface area contributed by atoms with Crippen LogP contribution in [0.15, 0.2) is 72.8 Å². The van der Waals surface area contributed by atoms with E-state index in [1.165, 1.54) is 5.56 Å². The Labute approximate surface area is 166 Å². The minimum Gasteiger partial charge on any atom is -0.489 e. The molecule has 4 nitrogen and oxygen atoms in total. The summed E-state index contributed by atoms with van der Waals surface area (Å²) in [5, 5.41) is 0. The molecule has 0 aliphatic heterocycles. The quantitative estimate of drug-likeness (QED) is 0.520. The number of rotatable bonds is 8. The second-order valence-corrected chi connectivity index (χ2v) is 8.53. The fourth-order valence-corrected chi connectivity index (χ4v) is 3.77. The average molecular weight is 396 g/mol. The van der Waals surface area contributed by atoms with Gasteiger partial charge in [0, 0.05) is 6.42 Å². The van der Waals surface area contributed by atoms with E-state index in [0.29, 0.717) is 18.6 Å². The van der Waals surface area contributed by atoms with Gasteiger partial charge in [-0.05, 0) is 40.3 Å². The highest BCUT2D eigenvalue weighted by atomic mass is 31.2. The highest BCUT2D eigenvalue weighted by Crippen LogP contribution is 2.40. The molecule has 0 saturated carbocycles. The number of ether oxygens (including phenoxy) is 1. The van der Waals surface area contributed by atoms with Gasteiger partial charge in [0.25, 0.3) is 0 Å². The first-order valence-corrected chi connectivity index (χ1v) is 11.1. The van der Waals surface area contributed by atoms with E-state index in [1.54, 1.807) is 6.07 Å². The zero-order valence-electron chi connectivity index (χ0n) is 15.9. The van der Waals surface area contributed by atoms with Gasteiger partial charge in [-0.3, -0.25) is 4.57 Å². The summed E-state index contributed by atoms with van der Waals surface area (Å²) in [6.07, 6.45) is 1.36. The molecule has 0 atom stereocenters. The lowest BCUT2D eigenvalue weighted by molar-refractivity contribution is 0.303. The molecule has 0 bridgehead atoms. The van der Waals surface area contributed by atoms with E-state index in [2.05, 4.69) is 31.2 Å². The Hall–Kier alpha value is -2.39. The smallest absolute Gasteiger partial charge is 0.329 e. The van der Waals surface area contributed by atoms with Crippen LogP contribution in [0.3, 0.4) is 0 Å². The maximum absolute atomic E-state index is 11.4. The van der Waals surface area contributed by atoms with Crippen molar-refractivity contribution < 1.29 is 19.1 Å². The summed E-state index contributed by atoms with van der Waals surface area (Å²) in [6.45, 7) is 2.57. The summed E-state index contributed by atoms with van der Waals surface area (Å²) in [5.41, 5.74) is 5.02. The van der Waals surface area contributed by atoms with Crippen LogP contribution in [0.2, 0.25) is 0 Å². The van der Waals surface area contributed by atoms with Crippen molar-refractivity contribution in [2.45, 2.75) is 32.5 Å². The molecule has 0 unspecified atom stereocenters. The van der Waals surface area contributed by atoms with Crippen molar-refractivity contribution in [1.82, 2.24) is 0 Å². The molecule has 0 aromatic heterocycles. The van der Waals surface area contributed by atoms with Gasteiger partial charge in [-0.1, -0.05) is 73.7 Å². The molecular formula is C23H25O4P. The normalized spacial score (nSPS) is 11.4. The minimum absolute atomic E-state index is 0.270. The van der Waals surface area contributed by atoms with Gasteiger partial charge in [0.15, 0.2) is 0 Å². The van der Waals surface area contributed by atoms with Crippen molar-refractivity contribution in [3.63, 3.8) is 0 Å². The van der Waals surface area contributed by atoms with Crippen LogP contribution in [-0.2, 0) is 30.2 Å². The van der Waals surface area contributed by atoms with E-state index in [-0.39, 0.29) is 6.16 Å². The molecule has 2 N–H and O–H groups in total. The Morgan fingerprint density at radius 1 is 0.821 bits per heavy atom. The third kappa shape index (κ3) is 6.07. The summed E-state index contributed by atoms with van der Waals surface area (Å²) < 4.78 is 17.4. The van der Waals surface area contributed by atoms with Crippen LogP contribution in [0.1, 0.15) is 34.7 Å². The summed E-state index contributed by atoms with van der Waals surface area (Å²) >= 11 is 0. The van der Waals surface area contributed by atoms with Crippen LogP contribution in [-0.4, -0.2) is 9.79 Å². The number of benzene rings is 3. The topological polar surface area (TPSA) is 66.8 Å². The van der Waals surface area contributed by atoms with Gasteiger partial charge in [0.05, 0.1) is 6.16 Å². The highest BCUT2D eigenvalue weighted by Gasteiger charge is 2.16. The molecule has 3 rings (SSSR count). The van der Waals surface area contributed by atoms with Gasteiger partial charge in [0.2, 0.25) is 0 Å². The van der Waals surface area contributed by atoms with E-state index in [1.807, 2.05) is 42.5 Å². The second kappa shape index (κ2) is 9.20. The van der Waals surface area contributed by atoms with Gasteiger partial charge >= 0.3 is 7.60 Å². The SMILES string of the molecule is CCc1ccc(Cc2cc(CP(=O)(O)O)ccc2OCc2ccccc2)cc1. The van der Waals surface area contributed by atoms with Crippen molar-refractivity contribution >= 4 is 7.60 Å². The predicted octanol–water partition coefficient (Wildman–Crippen LogP) is 5.10. The maximum atomic E-state index is 11.4. The summed E-state index contributed by atoms with van der Waals surface area (Å²) in [6, 6.07) is 23.7. The molecule has 0 aliphatic rings. The Kier molecular flexibility index (Phi) is 6.69. The number of aryl methyl sites for hydroxylation is 1. The minimum atomic E-state index is -4.12. The molecule has 0 fully saturated rings. The lowest BCUT2D eigenvalue weighted by Crippen LogP contribution is -2.01. The van der Waals surface area contributed by atoms with Crippen LogP contribution in [0, 0.1) is 0 Å². The third-order valence-corrected chi connectivity index (χ3v) is 5.35. The molecule has 0 saturated heterocycles. The Morgan fingerprint density at radius 3 is 2.11 bits per heavy atom. The molecule has 0 amide bonds. The molecule has 0 heterocycles. The molecule has 0 aliphatic carbocycles. The Morgan fingerprint density at radius 2 is 1.46 bits per heavy atom. The van der Waals surface area contributed by atoms with Crippen LogP contribution in [0.25, 0.3) is 0 Å². The Bertz CT molecular complexity index is 946. The lowest BCUT2D eigenvalue weighted by atomic mass is 10.0. The lowest BCUT2D eigenvalue weighted by Gasteiger charge is -2.14. The maximum Gasteiger partial charge on any atom is 0.329 e. The Balaban J connectivity index is 1.85. The summed E-state index contributed by atoms with van der Waals surface area (Å²) in [5.74, 6) is 0.734. The molecule has 3 aromatic rings. The van der Waals surface area contributed by atoms with E-state index >= 15 is 0 Å². The summed E-state index contributed by atoms with van der Waals surface area (Å²) in [4.78, 5) is 18.6. The summed E-state index contributed by atoms with van der Waals surface area (Å²) in [7, 11) is -4.12. The van der Waals surface area contributed by atoms with Crippen molar-refractivity contribution in [2.75, 3.05) is 0 Å². The first-order valence-electron chi connectivity index (χ1n) is 9.34. The molecular weight excluding hydrogens is 371 g/mol. The van der Waals surface area contributed by atoms with Gasteiger partial charge in [-0.2, -0.15) is 0 Å². The predicted molar refractivity (Wildman–Crippen MR) is 112 cm³/mol. The van der Waals surface area contributed by atoms with Crippen molar-refractivity contribution in [3.8, 4) is 5.75 Å². The molecule has 28 heavy (non-hydrogen) atoms.